The lowest BCUT2D eigenvalue weighted by Crippen LogP contribution is -2.31. The molecule has 2 aromatic heterocycles. The van der Waals surface area contributed by atoms with Crippen LogP contribution in [0.2, 0.25) is 0 Å². The summed E-state index contributed by atoms with van der Waals surface area (Å²) in [4.78, 5) is 23.6. The van der Waals surface area contributed by atoms with Gasteiger partial charge in [-0.3, -0.25) is 0 Å². The third kappa shape index (κ3) is 3.47. The minimum atomic E-state index is -1.19. The molecule has 0 bridgehead atoms. The van der Waals surface area contributed by atoms with Gasteiger partial charge in [-0.2, -0.15) is 0 Å². The molecule has 6 heteroatoms. The van der Waals surface area contributed by atoms with E-state index in [1.165, 1.54) is 5.56 Å². The lowest BCUT2D eigenvalue weighted by Gasteiger charge is -2.33. The number of hydrogen-bond donors (Lipinski definition) is 1. The molecule has 4 aromatic rings. The molecule has 0 fully saturated rings. The van der Waals surface area contributed by atoms with Crippen molar-refractivity contribution in [2.75, 3.05) is 24.6 Å². The molecule has 1 aliphatic heterocycles. The van der Waals surface area contributed by atoms with Crippen molar-refractivity contribution in [1.29, 1.82) is 0 Å². The molecule has 3 heterocycles. The molecule has 0 aliphatic carbocycles. The van der Waals surface area contributed by atoms with Gasteiger partial charge in [0.25, 0.3) is 0 Å². The van der Waals surface area contributed by atoms with Crippen LogP contribution in [0.25, 0.3) is 10.9 Å². The molecule has 6 nitrogen and oxygen atoms in total. The zero-order chi connectivity index (χ0) is 25.4. The van der Waals surface area contributed by atoms with Crippen molar-refractivity contribution >= 4 is 22.6 Å². The molecule has 1 atom stereocenters. The normalized spacial score (nSPS) is 16.8. The molecule has 2 aromatic carbocycles. The number of nitrogens with zero attached hydrogens (tertiary/aromatic N) is 2. The first kappa shape index (κ1) is 23.9. The predicted octanol–water partition coefficient (Wildman–Crippen LogP) is 6.14. The van der Waals surface area contributed by atoms with E-state index in [0.717, 1.165) is 58.5 Å². The maximum Gasteiger partial charge on any atom is 0.358 e. The van der Waals surface area contributed by atoms with Gasteiger partial charge in [0.15, 0.2) is 11.3 Å². The zero-order valence-corrected chi connectivity index (χ0v) is 21.6. The first-order chi connectivity index (χ1) is 17.5. The summed E-state index contributed by atoms with van der Waals surface area (Å²) >= 11 is 0. The molecule has 1 N–H and O–H groups in total. The van der Waals surface area contributed by atoms with E-state index in [9.17, 15) is 4.79 Å². The average molecular weight is 484 g/mol. The predicted molar refractivity (Wildman–Crippen MR) is 143 cm³/mol. The Balaban J connectivity index is 1.90. The lowest BCUT2D eigenvalue weighted by molar-refractivity contribution is 0.0244. The number of aromatic amines is 1. The summed E-state index contributed by atoms with van der Waals surface area (Å²) in [5, 5.41) is 1.08. The Labute approximate surface area is 212 Å². The summed E-state index contributed by atoms with van der Waals surface area (Å²) in [6.45, 7) is 12.7. The van der Waals surface area contributed by atoms with Crippen LogP contribution in [-0.4, -0.2) is 35.6 Å². The van der Waals surface area contributed by atoms with Gasteiger partial charge in [-0.25, -0.2) is 9.78 Å². The minimum Gasteiger partial charge on any atom is -0.493 e. The van der Waals surface area contributed by atoms with Gasteiger partial charge in [-0.15, -0.1) is 0 Å². The van der Waals surface area contributed by atoms with E-state index in [1.54, 1.807) is 6.20 Å². The molecule has 0 amide bonds. The number of rotatable bonds is 8. The van der Waals surface area contributed by atoms with Gasteiger partial charge >= 0.3 is 5.97 Å². The molecule has 0 spiro atoms. The number of aromatic nitrogens is 2. The van der Waals surface area contributed by atoms with E-state index in [-0.39, 0.29) is 0 Å². The second-order valence-corrected chi connectivity index (χ2v) is 9.07. The van der Waals surface area contributed by atoms with Crippen LogP contribution in [0.4, 0.5) is 5.69 Å². The number of fused-ring (bicyclic) bond motifs is 2. The second-order valence-electron chi connectivity index (χ2n) is 9.07. The number of cyclic esters (lactones) is 1. The van der Waals surface area contributed by atoms with E-state index in [1.807, 2.05) is 26.0 Å². The SMILES string of the molecule is CCOc1cc(N(CC)CC)ccc1C1(c2c(C)[nH]c3cccc(CC)c23)OC(=O)c2ncccc21. The number of carbonyl (C=O) groups is 1. The van der Waals surface area contributed by atoms with Crippen LogP contribution in [0.1, 0.15) is 66.1 Å². The molecular formula is C30H33N3O3. The van der Waals surface area contributed by atoms with E-state index in [4.69, 9.17) is 9.47 Å². The van der Waals surface area contributed by atoms with Crippen LogP contribution in [0.15, 0.2) is 54.7 Å². The summed E-state index contributed by atoms with van der Waals surface area (Å²) in [7, 11) is 0. The van der Waals surface area contributed by atoms with Gasteiger partial charge in [0.1, 0.15) is 5.75 Å². The average Bonchev–Trinajstić information content (AvgIpc) is 3.39. The quantitative estimate of drug-likeness (QED) is 0.305. The number of H-pyrrole nitrogens is 1. The summed E-state index contributed by atoms with van der Waals surface area (Å²) in [5.41, 5.74) is 5.86. The van der Waals surface area contributed by atoms with Crippen LogP contribution in [0, 0.1) is 6.92 Å². The number of anilines is 1. The van der Waals surface area contributed by atoms with Gasteiger partial charge < -0.3 is 19.4 Å². The maximum atomic E-state index is 13.3. The number of hydrogen-bond acceptors (Lipinski definition) is 5. The van der Waals surface area contributed by atoms with Crippen molar-refractivity contribution in [3.05, 3.63) is 88.4 Å². The van der Waals surface area contributed by atoms with Crippen molar-refractivity contribution < 1.29 is 14.3 Å². The minimum absolute atomic E-state index is 0.343. The number of benzene rings is 2. The highest BCUT2D eigenvalue weighted by Crippen LogP contribution is 2.53. The Morgan fingerprint density at radius 3 is 2.56 bits per heavy atom. The van der Waals surface area contributed by atoms with Crippen molar-refractivity contribution in [3.8, 4) is 5.75 Å². The highest BCUT2D eigenvalue weighted by atomic mass is 16.6. The van der Waals surface area contributed by atoms with Crippen LogP contribution in [0.3, 0.4) is 0 Å². The highest BCUT2D eigenvalue weighted by molar-refractivity contribution is 5.98. The fourth-order valence-electron chi connectivity index (χ4n) is 5.66. The van der Waals surface area contributed by atoms with Crippen molar-refractivity contribution in [2.45, 2.75) is 46.6 Å². The van der Waals surface area contributed by atoms with Gasteiger partial charge in [-0.05, 0) is 63.9 Å². The first-order valence-corrected chi connectivity index (χ1v) is 12.8. The Morgan fingerprint density at radius 2 is 1.83 bits per heavy atom. The Hall–Kier alpha value is -3.80. The Kier molecular flexibility index (Phi) is 6.20. The maximum absolute atomic E-state index is 13.3. The second kappa shape index (κ2) is 9.34. The molecule has 1 unspecified atom stereocenters. The number of pyridine rings is 1. The molecule has 5 rings (SSSR count). The van der Waals surface area contributed by atoms with Crippen LogP contribution >= 0.6 is 0 Å². The van der Waals surface area contributed by atoms with Gasteiger partial charge in [0, 0.05) is 64.3 Å². The lowest BCUT2D eigenvalue weighted by atomic mass is 9.78. The van der Waals surface area contributed by atoms with Crippen LogP contribution < -0.4 is 9.64 Å². The van der Waals surface area contributed by atoms with Crippen LogP contribution in [0.5, 0.6) is 5.75 Å². The Morgan fingerprint density at radius 1 is 1.03 bits per heavy atom. The number of ether oxygens (including phenoxy) is 2. The highest BCUT2D eigenvalue weighted by Gasteiger charge is 2.53. The van der Waals surface area contributed by atoms with Crippen LogP contribution in [-0.2, 0) is 16.8 Å². The fraction of sp³-hybridized carbons (Fsp3) is 0.333. The van der Waals surface area contributed by atoms with Gasteiger partial charge in [-0.1, -0.05) is 25.1 Å². The molecular weight excluding hydrogens is 450 g/mol. The monoisotopic (exact) mass is 483 g/mol. The molecule has 0 saturated heterocycles. The van der Waals surface area contributed by atoms with E-state index in [0.29, 0.717) is 18.1 Å². The number of nitrogens with one attached hydrogen (secondary N) is 1. The molecule has 0 saturated carbocycles. The summed E-state index contributed by atoms with van der Waals surface area (Å²) in [6, 6.07) is 16.3. The van der Waals surface area contributed by atoms with Crippen molar-refractivity contribution in [1.82, 2.24) is 9.97 Å². The van der Waals surface area contributed by atoms with E-state index in [2.05, 4.69) is 72.0 Å². The van der Waals surface area contributed by atoms with Gasteiger partial charge in [0.2, 0.25) is 0 Å². The summed E-state index contributed by atoms with van der Waals surface area (Å²) in [5.74, 6) is 0.276. The molecule has 1 aliphatic rings. The van der Waals surface area contributed by atoms with Crippen molar-refractivity contribution in [3.63, 3.8) is 0 Å². The molecule has 36 heavy (non-hydrogen) atoms. The number of esters is 1. The first-order valence-electron chi connectivity index (χ1n) is 12.8. The third-order valence-corrected chi connectivity index (χ3v) is 7.23. The van der Waals surface area contributed by atoms with E-state index >= 15 is 0 Å². The summed E-state index contributed by atoms with van der Waals surface area (Å²) < 4.78 is 12.7. The number of carbonyl (C=O) groups excluding carboxylic acids is 1. The standard InChI is InChI=1S/C30H33N3O3/c1-6-20-12-10-14-24-26(20)27(19(5)32-24)30(23-13-11-17-31-28(23)29(34)36-30)22-16-15-21(33(7-2)8-3)18-25(22)35-9-4/h10-18,32H,6-9H2,1-5H3. The molecule has 186 valence electrons. The largest absolute Gasteiger partial charge is 0.493 e. The zero-order valence-electron chi connectivity index (χ0n) is 21.6. The van der Waals surface area contributed by atoms with E-state index < -0.39 is 11.6 Å². The number of aryl methyl sites for hydroxylation is 2. The third-order valence-electron chi connectivity index (χ3n) is 7.23. The Bertz CT molecular complexity index is 1440. The smallest absolute Gasteiger partial charge is 0.358 e. The molecule has 0 radical (unpaired) electrons. The fourth-order valence-corrected chi connectivity index (χ4v) is 5.66. The van der Waals surface area contributed by atoms with Gasteiger partial charge in [0.05, 0.1) is 6.61 Å². The topological polar surface area (TPSA) is 67.4 Å². The van der Waals surface area contributed by atoms with Crippen molar-refractivity contribution in [2.24, 2.45) is 0 Å². The summed E-state index contributed by atoms with van der Waals surface area (Å²) in [6.07, 6.45) is 2.49.